The van der Waals surface area contributed by atoms with Gasteiger partial charge in [-0.3, -0.25) is 9.59 Å². The van der Waals surface area contributed by atoms with Crippen LogP contribution in [0.4, 0.5) is 0 Å². The van der Waals surface area contributed by atoms with E-state index in [1.54, 1.807) is 4.90 Å². The Balaban J connectivity index is 1.69. The minimum absolute atomic E-state index is 0.120. The molecule has 0 saturated carbocycles. The molecule has 1 aliphatic heterocycles. The number of aliphatic carboxylic acids is 1. The molecule has 4 rings (SSSR count). The van der Waals surface area contributed by atoms with Crippen LogP contribution in [-0.4, -0.2) is 44.8 Å². The normalized spacial score (nSPS) is 19.6. The fourth-order valence-electron chi connectivity index (χ4n) is 4.18. The summed E-state index contributed by atoms with van der Waals surface area (Å²) in [5, 5.41) is 14.0. The Kier molecular flexibility index (Phi) is 4.72. The first-order valence-electron chi connectivity index (χ1n) is 9.74. The van der Waals surface area contributed by atoms with Gasteiger partial charge in [-0.1, -0.05) is 17.7 Å². The van der Waals surface area contributed by atoms with Gasteiger partial charge in [-0.05, 0) is 57.6 Å². The highest BCUT2D eigenvalue weighted by Crippen LogP contribution is 2.29. The first-order valence-corrected chi connectivity index (χ1v) is 9.74. The van der Waals surface area contributed by atoms with Gasteiger partial charge in [0.25, 0.3) is 5.91 Å². The molecular weight excluding hydrogens is 342 g/mol. The first-order chi connectivity index (χ1) is 13.0. The van der Waals surface area contributed by atoms with Crippen molar-refractivity contribution in [1.82, 2.24) is 14.7 Å². The summed E-state index contributed by atoms with van der Waals surface area (Å²) in [7, 11) is 0. The Morgan fingerprint density at radius 3 is 2.59 bits per heavy atom. The number of hydrogen-bond donors (Lipinski definition) is 1. The zero-order chi connectivity index (χ0) is 19.0. The van der Waals surface area contributed by atoms with E-state index in [1.807, 2.05) is 23.7 Å². The van der Waals surface area contributed by atoms with E-state index >= 15 is 0 Å². The van der Waals surface area contributed by atoms with Crippen LogP contribution in [-0.2, 0) is 17.6 Å². The largest absolute Gasteiger partial charge is 0.481 e. The molecule has 1 atom stereocenters. The van der Waals surface area contributed by atoms with Gasteiger partial charge in [0.2, 0.25) is 0 Å². The van der Waals surface area contributed by atoms with Crippen molar-refractivity contribution in [2.45, 2.75) is 45.4 Å². The van der Waals surface area contributed by atoms with E-state index < -0.39 is 11.9 Å². The molecule has 0 radical (unpaired) electrons. The third-order valence-corrected chi connectivity index (χ3v) is 5.72. The van der Waals surface area contributed by atoms with Crippen molar-refractivity contribution in [2.24, 2.45) is 5.92 Å². The molecule has 0 spiro atoms. The van der Waals surface area contributed by atoms with Crippen molar-refractivity contribution in [2.75, 3.05) is 13.1 Å². The molecule has 2 aromatic rings. The number of carboxylic acids is 1. The number of aryl methyl sites for hydroxylation is 1. The lowest BCUT2D eigenvalue weighted by atomic mass is 9.94. The van der Waals surface area contributed by atoms with Crippen molar-refractivity contribution in [3.8, 4) is 5.69 Å². The molecule has 2 heterocycles. The van der Waals surface area contributed by atoms with Gasteiger partial charge in [0.1, 0.15) is 0 Å². The molecular formula is C21H25N3O3. The van der Waals surface area contributed by atoms with Crippen LogP contribution in [0.3, 0.4) is 0 Å². The molecule has 2 aliphatic rings. The van der Waals surface area contributed by atoms with E-state index in [4.69, 9.17) is 5.10 Å². The Morgan fingerprint density at radius 1 is 1.11 bits per heavy atom. The predicted octanol–water partition coefficient (Wildman–Crippen LogP) is 3.00. The zero-order valence-corrected chi connectivity index (χ0v) is 15.6. The summed E-state index contributed by atoms with van der Waals surface area (Å²) in [4.78, 5) is 26.2. The fourth-order valence-corrected chi connectivity index (χ4v) is 4.18. The van der Waals surface area contributed by atoms with Crippen molar-refractivity contribution >= 4 is 11.9 Å². The maximum absolute atomic E-state index is 13.2. The van der Waals surface area contributed by atoms with Gasteiger partial charge in [0.15, 0.2) is 5.69 Å². The number of aromatic nitrogens is 2. The number of carbonyl (C=O) groups is 2. The Labute approximate surface area is 158 Å². The molecule has 142 valence electrons. The highest BCUT2D eigenvalue weighted by atomic mass is 16.4. The van der Waals surface area contributed by atoms with Crippen molar-refractivity contribution in [3.63, 3.8) is 0 Å². The van der Waals surface area contributed by atoms with Crippen LogP contribution in [0, 0.1) is 12.8 Å². The number of amides is 1. The summed E-state index contributed by atoms with van der Waals surface area (Å²) in [5.74, 6) is -1.41. The number of nitrogens with zero attached hydrogens (tertiary/aromatic N) is 3. The van der Waals surface area contributed by atoms with Gasteiger partial charge >= 0.3 is 5.97 Å². The van der Waals surface area contributed by atoms with Crippen LogP contribution < -0.4 is 0 Å². The summed E-state index contributed by atoms with van der Waals surface area (Å²) >= 11 is 0. The quantitative estimate of drug-likeness (QED) is 0.905. The van der Waals surface area contributed by atoms with E-state index in [0.717, 1.165) is 49.0 Å². The maximum Gasteiger partial charge on any atom is 0.308 e. The molecule has 1 aliphatic carbocycles. The molecule has 6 nitrogen and oxygen atoms in total. The van der Waals surface area contributed by atoms with E-state index in [-0.39, 0.29) is 12.5 Å². The average Bonchev–Trinajstić information content (AvgIpc) is 3.08. The zero-order valence-electron chi connectivity index (χ0n) is 15.6. The number of piperidine rings is 1. The van der Waals surface area contributed by atoms with Gasteiger partial charge < -0.3 is 10.0 Å². The maximum atomic E-state index is 13.2. The van der Waals surface area contributed by atoms with Gasteiger partial charge in [0.05, 0.1) is 11.6 Å². The van der Waals surface area contributed by atoms with Gasteiger partial charge in [0, 0.05) is 24.3 Å². The van der Waals surface area contributed by atoms with Gasteiger partial charge in [-0.25, -0.2) is 4.68 Å². The predicted molar refractivity (Wildman–Crippen MR) is 101 cm³/mol. The van der Waals surface area contributed by atoms with Crippen molar-refractivity contribution in [1.29, 1.82) is 0 Å². The van der Waals surface area contributed by atoms with Crippen LogP contribution in [0.1, 0.15) is 53.0 Å². The molecule has 1 unspecified atom stereocenters. The number of rotatable bonds is 3. The minimum atomic E-state index is -0.820. The van der Waals surface area contributed by atoms with Gasteiger partial charge in [-0.15, -0.1) is 0 Å². The monoisotopic (exact) mass is 367 g/mol. The smallest absolute Gasteiger partial charge is 0.308 e. The van der Waals surface area contributed by atoms with Crippen LogP contribution in [0.2, 0.25) is 0 Å². The van der Waals surface area contributed by atoms with Crippen LogP contribution in [0.25, 0.3) is 5.69 Å². The highest BCUT2D eigenvalue weighted by molar-refractivity contribution is 5.94. The number of benzene rings is 1. The molecule has 1 N–H and O–H groups in total. The third-order valence-electron chi connectivity index (χ3n) is 5.72. The SMILES string of the molecule is Cc1ccc(-n2nc(C(=O)N3CCCC(C(=O)O)C3)c3c2CCCC3)cc1. The lowest BCUT2D eigenvalue weighted by Crippen LogP contribution is -2.42. The van der Waals surface area contributed by atoms with E-state index in [9.17, 15) is 14.7 Å². The lowest BCUT2D eigenvalue weighted by Gasteiger charge is -2.30. The van der Waals surface area contributed by atoms with E-state index in [2.05, 4.69) is 12.1 Å². The van der Waals surface area contributed by atoms with Crippen LogP contribution in [0.15, 0.2) is 24.3 Å². The number of carboxylic acid groups (broad SMARTS) is 1. The third kappa shape index (κ3) is 3.36. The molecule has 1 aromatic heterocycles. The first kappa shape index (κ1) is 17.8. The van der Waals surface area contributed by atoms with Crippen molar-refractivity contribution in [3.05, 3.63) is 46.8 Å². The Morgan fingerprint density at radius 2 is 1.85 bits per heavy atom. The van der Waals surface area contributed by atoms with Crippen LogP contribution in [0.5, 0.6) is 0 Å². The van der Waals surface area contributed by atoms with E-state index in [1.165, 1.54) is 5.56 Å². The molecule has 1 fully saturated rings. The molecule has 6 heteroatoms. The molecule has 27 heavy (non-hydrogen) atoms. The topological polar surface area (TPSA) is 75.4 Å². The number of fused-ring (bicyclic) bond motifs is 1. The second kappa shape index (κ2) is 7.18. The fraction of sp³-hybridized carbons (Fsp3) is 0.476. The summed E-state index contributed by atoms with van der Waals surface area (Å²) < 4.78 is 1.92. The van der Waals surface area contributed by atoms with E-state index in [0.29, 0.717) is 18.7 Å². The lowest BCUT2D eigenvalue weighted by molar-refractivity contribution is -0.143. The van der Waals surface area contributed by atoms with Crippen molar-refractivity contribution < 1.29 is 14.7 Å². The second-order valence-corrected chi connectivity index (χ2v) is 7.66. The Hall–Kier alpha value is -2.63. The summed E-state index contributed by atoms with van der Waals surface area (Å²) in [5.41, 5.74) is 4.84. The molecule has 0 bridgehead atoms. The minimum Gasteiger partial charge on any atom is -0.481 e. The second-order valence-electron chi connectivity index (χ2n) is 7.66. The molecule has 1 saturated heterocycles. The molecule has 1 aromatic carbocycles. The number of carbonyl (C=O) groups excluding carboxylic acids is 1. The Bertz CT molecular complexity index is 870. The standard InChI is InChI=1S/C21H25N3O3/c1-14-8-10-16(11-9-14)24-18-7-3-2-6-17(18)19(22-24)20(25)23-12-4-5-15(13-23)21(26)27/h8-11,15H,2-7,12-13H2,1H3,(H,26,27). The highest BCUT2D eigenvalue weighted by Gasteiger charge is 2.33. The average molecular weight is 367 g/mol. The van der Waals surface area contributed by atoms with Gasteiger partial charge in [-0.2, -0.15) is 5.10 Å². The van der Waals surface area contributed by atoms with Crippen LogP contribution >= 0.6 is 0 Å². The number of likely N-dealkylation sites (tertiary alicyclic amines) is 1. The molecule has 1 amide bonds. The summed E-state index contributed by atoms with van der Waals surface area (Å²) in [6, 6.07) is 8.17. The summed E-state index contributed by atoms with van der Waals surface area (Å²) in [6.07, 6.45) is 5.30. The summed E-state index contributed by atoms with van der Waals surface area (Å²) in [6.45, 7) is 2.93. The number of hydrogen-bond acceptors (Lipinski definition) is 3.